The first-order valence-corrected chi connectivity index (χ1v) is 4.70. The molecule has 0 fully saturated rings. The summed E-state index contributed by atoms with van der Waals surface area (Å²) >= 11 is 0. The van der Waals surface area contributed by atoms with Crippen molar-refractivity contribution in [2.24, 2.45) is 0 Å². The summed E-state index contributed by atoms with van der Waals surface area (Å²) in [6.45, 7) is 8.76. The van der Waals surface area contributed by atoms with E-state index >= 15 is 0 Å². The lowest BCUT2D eigenvalue weighted by Crippen LogP contribution is -2.15. The highest BCUT2D eigenvalue weighted by Crippen LogP contribution is 1.97. The van der Waals surface area contributed by atoms with E-state index in [4.69, 9.17) is 0 Å². The molecule has 0 aromatic rings. The van der Waals surface area contributed by atoms with E-state index in [0.29, 0.717) is 0 Å². The fraction of sp³-hybridized carbons (Fsp3) is 0.500. The molecule has 0 rings (SSSR count). The van der Waals surface area contributed by atoms with E-state index in [-0.39, 0.29) is 0 Å². The van der Waals surface area contributed by atoms with E-state index in [2.05, 4.69) is 37.5 Å². The summed E-state index contributed by atoms with van der Waals surface area (Å²) in [6.07, 6.45) is 6.71. The molecular formula is C12H19N. The number of unbranched alkanes of at least 4 members (excludes halogenated alkanes) is 1. The summed E-state index contributed by atoms with van der Waals surface area (Å²) in [5.74, 6) is 5.77. The van der Waals surface area contributed by atoms with Gasteiger partial charge in [-0.2, -0.15) is 0 Å². The average molecular weight is 177 g/mol. The van der Waals surface area contributed by atoms with Gasteiger partial charge in [0.15, 0.2) is 0 Å². The number of nitrogens with zero attached hydrogens (tertiary/aromatic N) is 1. The van der Waals surface area contributed by atoms with Crippen LogP contribution in [0, 0.1) is 11.8 Å². The third-order valence-corrected chi connectivity index (χ3v) is 1.73. The molecule has 0 aromatic carbocycles. The Hall–Kier alpha value is -1.16. The fourth-order valence-electron chi connectivity index (χ4n) is 0.867. The minimum Gasteiger partial charge on any atom is -0.365 e. The zero-order valence-electron chi connectivity index (χ0n) is 8.93. The molecule has 0 unspecified atom stereocenters. The lowest BCUT2D eigenvalue weighted by molar-refractivity contribution is 0.485. The van der Waals surface area contributed by atoms with Gasteiger partial charge in [0.25, 0.3) is 0 Å². The minimum atomic E-state index is 0.878. The van der Waals surface area contributed by atoms with Crippen LogP contribution in [0.3, 0.4) is 0 Å². The number of hydrogen-bond donors (Lipinski definition) is 0. The molecule has 0 amide bonds. The van der Waals surface area contributed by atoms with E-state index in [1.807, 2.05) is 18.9 Å². The molecule has 0 atom stereocenters. The quantitative estimate of drug-likeness (QED) is 0.461. The number of allylic oxidation sites excluding steroid dienone is 2. The van der Waals surface area contributed by atoms with Crippen LogP contribution in [0.4, 0.5) is 0 Å². The first-order valence-electron chi connectivity index (χ1n) is 4.70. The second kappa shape index (κ2) is 7.49. The van der Waals surface area contributed by atoms with E-state index in [1.54, 1.807) is 0 Å². The molecule has 0 aliphatic carbocycles. The van der Waals surface area contributed by atoms with Crippen molar-refractivity contribution in [3.05, 3.63) is 24.4 Å². The van der Waals surface area contributed by atoms with Crippen molar-refractivity contribution in [3.63, 3.8) is 0 Å². The van der Waals surface area contributed by atoms with E-state index < -0.39 is 0 Å². The first-order chi connectivity index (χ1) is 6.22. The van der Waals surface area contributed by atoms with Gasteiger partial charge >= 0.3 is 0 Å². The van der Waals surface area contributed by atoms with Gasteiger partial charge in [0.1, 0.15) is 0 Å². The normalized spacial score (nSPS) is 9.46. The standard InChI is InChI=1S/C12H19N/c1-5-7-8-9-11-13(4)12(3)10-6-2/h8-9H,3,5,7,11H2,1-2,4H3/b9-8-. The maximum absolute atomic E-state index is 3.86. The lowest BCUT2D eigenvalue weighted by Gasteiger charge is -2.14. The van der Waals surface area contributed by atoms with Crippen LogP contribution < -0.4 is 0 Å². The zero-order valence-corrected chi connectivity index (χ0v) is 8.93. The molecule has 0 aliphatic rings. The van der Waals surface area contributed by atoms with Crippen molar-refractivity contribution < 1.29 is 0 Å². The van der Waals surface area contributed by atoms with Crippen LogP contribution in [0.15, 0.2) is 24.4 Å². The highest BCUT2D eigenvalue weighted by molar-refractivity contribution is 5.23. The molecule has 0 bridgehead atoms. The highest BCUT2D eigenvalue weighted by Gasteiger charge is 1.93. The Morgan fingerprint density at radius 3 is 2.69 bits per heavy atom. The summed E-state index contributed by atoms with van der Waals surface area (Å²) < 4.78 is 0. The minimum absolute atomic E-state index is 0.878. The fourth-order valence-corrected chi connectivity index (χ4v) is 0.867. The van der Waals surface area contributed by atoms with Crippen molar-refractivity contribution in [1.82, 2.24) is 4.90 Å². The summed E-state index contributed by atoms with van der Waals surface area (Å²) in [4.78, 5) is 2.04. The van der Waals surface area contributed by atoms with Gasteiger partial charge in [-0.15, -0.1) is 0 Å². The third kappa shape index (κ3) is 6.04. The van der Waals surface area contributed by atoms with Crippen LogP contribution in [0.2, 0.25) is 0 Å². The maximum Gasteiger partial charge on any atom is 0.0806 e. The van der Waals surface area contributed by atoms with Gasteiger partial charge in [0.2, 0.25) is 0 Å². The molecule has 0 saturated heterocycles. The van der Waals surface area contributed by atoms with Gasteiger partial charge in [0, 0.05) is 13.6 Å². The molecule has 72 valence electrons. The Kier molecular flexibility index (Phi) is 6.82. The predicted octanol–water partition coefficient (Wildman–Crippen LogP) is 2.81. The summed E-state index contributed by atoms with van der Waals surface area (Å²) in [5, 5.41) is 0. The van der Waals surface area contributed by atoms with Gasteiger partial charge in [-0.05, 0) is 13.3 Å². The second-order valence-corrected chi connectivity index (χ2v) is 2.96. The van der Waals surface area contributed by atoms with Gasteiger partial charge < -0.3 is 4.90 Å². The SMILES string of the molecule is C=C(C#CC)N(C)C/C=C\CCC. The maximum atomic E-state index is 3.86. The van der Waals surface area contributed by atoms with Crippen molar-refractivity contribution in [1.29, 1.82) is 0 Å². The van der Waals surface area contributed by atoms with Gasteiger partial charge in [-0.3, -0.25) is 0 Å². The van der Waals surface area contributed by atoms with E-state index in [0.717, 1.165) is 18.7 Å². The van der Waals surface area contributed by atoms with Crippen LogP contribution in [0.25, 0.3) is 0 Å². The van der Waals surface area contributed by atoms with Crippen molar-refractivity contribution in [3.8, 4) is 11.8 Å². The highest BCUT2D eigenvalue weighted by atomic mass is 15.1. The van der Waals surface area contributed by atoms with Crippen LogP contribution in [-0.4, -0.2) is 18.5 Å². The van der Waals surface area contributed by atoms with Gasteiger partial charge in [0.05, 0.1) is 5.70 Å². The lowest BCUT2D eigenvalue weighted by atomic mass is 10.3. The van der Waals surface area contributed by atoms with Crippen LogP contribution in [0.1, 0.15) is 26.7 Å². The Bertz CT molecular complexity index is 227. The third-order valence-electron chi connectivity index (χ3n) is 1.73. The molecule has 1 heteroatoms. The number of rotatable bonds is 5. The molecule has 0 aromatic heterocycles. The van der Waals surface area contributed by atoms with E-state index in [1.165, 1.54) is 6.42 Å². The van der Waals surface area contributed by atoms with Crippen LogP contribution in [0.5, 0.6) is 0 Å². The first kappa shape index (κ1) is 11.8. The topological polar surface area (TPSA) is 3.24 Å². The molecule has 1 nitrogen and oxygen atoms in total. The molecule has 0 heterocycles. The average Bonchev–Trinajstić information content (AvgIpc) is 2.12. The molecule has 0 spiro atoms. The largest absolute Gasteiger partial charge is 0.365 e. The molecule has 13 heavy (non-hydrogen) atoms. The second-order valence-electron chi connectivity index (χ2n) is 2.96. The van der Waals surface area contributed by atoms with E-state index in [9.17, 15) is 0 Å². The monoisotopic (exact) mass is 177 g/mol. The Morgan fingerprint density at radius 1 is 1.46 bits per heavy atom. The number of likely N-dealkylation sites (N-methyl/N-ethyl adjacent to an activating group) is 1. The van der Waals surface area contributed by atoms with Crippen molar-refractivity contribution >= 4 is 0 Å². The molecule has 0 N–H and O–H groups in total. The van der Waals surface area contributed by atoms with Gasteiger partial charge in [-0.25, -0.2) is 0 Å². The zero-order chi connectivity index (χ0) is 10.1. The van der Waals surface area contributed by atoms with Gasteiger partial charge in [-0.1, -0.05) is 43.9 Å². The Morgan fingerprint density at radius 2 is 2.15 bits per heavy atom. The Balaban J connectivity index is 3.78. The van der Waals surface area contributed by atoms with Crippen molar-refractivity contribution in [2.75, 3.05) is 13.6 Å². The summed E-state index contributed by atoms with van der Waals surface area (Å²) in [7, 11) is 2.00. The Labute approximate surface area is 82.1 Å². The van der Waals surface area contributed by atoms with Crippen molar-refractivity contribution in [2.45, 2.75) is 26.7 Å². The molecule has 0 radical (unpaired) electrons. The number of hydrogen-bond acceptors (Lipinski definition) is 1. The predicted molar refractivity (Wildman–Crippen MR) is 59.3 cm³/mol. The van der Waals surface area contributed by atoms with Crippen LogP contribution in [-0.2, 0) is 0 Å². The molecule has 0 saturated carbocycles. The summed E-state index contributed by atoms with van der Waals surface area (Å²) in [6, 6.07) is 0. The summed E-state index contributed by atoms with van der Waals surface area (Å²) in [5.41, 5.74) is 0.878. The molecule has 0 aliphatic heterocycles. The molecular weight excluding hydrogens is 158 g/mol. The van der Waals surface area contributed by atoms with Crippen LogP contribution >= 0.6 is 0 Å². The smallest absolute Gasteiger partial charge is 0.0806 e.